The highest BCUT2D eigenvalue weighted by Gasteiger charge is 2.09. The Morgan fingerprint density at radius 1 is 1.45 bits per heavy atom. The second-order valence-electron chi connectivity index (χ2n) is 1.24. The van der Waals surface area contributed by atoms with Crippen LogP contribution in [0.2, 0.25) is 0 Å². The standard InChI is InChI=1S/C2H6N2O3.HNO3/c3-1-2(5)4(6)7;2-1(3)4/h2,5H,1,3H2;(H,2,3,4). The van der Waals surface area contributed by atoms with E-state index in [1.165, 1.54) is 0 Å². The molecule has 0 aromatic rings. The van der Waals surface area contributed by atoms with Crippen LogP contribution in [0.1, 0.15) is 0 Å². The van der Waals surface area contributed by atoms with Gasteiger partial charge >= 0.3 is 6.23 Å². The van der Waals surface area contributed by atoms with Gasteiger partial charge < -0.3 is 16.0 Å². The van der Waals surface area contributed by atoms with Crippen molar-refractivity contribution in [2.24, 2.45) is 5.73 Å². The lowest BCUT2D eigenvalue weighted by molar-refractivity contribution is -0.742. The van der Waals surface area contributed by atoms with Crippen molar-refractivity contribution in [2.45, 2.75) is 6.23 Å². The third-order valence-corrected chi connectivity index (χ3v) is 0.454. The van der Waals surface area contributed by atoms with E-state index >= 15 is 0 Å². The zero-order valence-electron chi connectivity index (χ0n) is 5.28. The normalized spacial score (nSPS) is 10.7. The number of aliphatic hydroxyl groups is 1. The van der Waals surface area contributed by atoms with Gasteiger partial charge in [-0.1, -0.05) is 0 Å². The van der Waals surface area contributed by atoms with E-state index in [1.807, 2.05) is 0 Å². The van der Waals surface area contributed by atoms with E-state index in [-0.39, 0.29) is 6.54 Å². The molecule has 0 spiro atoms. The Balaban J connectivity index is 0. The van der Waals surface area contributed by atoms with Crippen molar-refractivity contribution in [1.82, 2.24) is 0 Å². The number of nitro groups is 1. The molecule has 0 amide bonds. The molecule has 0 radical (unpaired) electrons. The highest BCUT2D eigenvalue weighted by Crippen LogP contribution is 1.75. The average Bonchev–Trinajstić information content (AvgIpc) is 1.85. The summed E-state index contributed by atoms with van der Waals surface area (Å²) in [6.45, 7) is -0.326. The molecule has 4 N–H and O–H groups in total. The van der Waals surface area contributed by atoms with E-state index in [1.54, 1.807) is 0 Å². The van der Waals surface area contributed by atoms with Crippen LogP contribution in [-0.4, -0.2) is 33.1 Å². The predicted octanol–water partition coefficient (Wildman–Crippen LogP) is -1.81. The minimum Gasteiger partial charge on any atom is -0.332 e. The molecule has 0 fully saturated rings. The number of hydrogen-bond donors (Lipinski definition) is 3. The summed E-state index contributed by atoms with van der Waals surface area (Å²) in [6.07, 6.45) is -1.60. The van der Waals surface area contributed by atoms with Gasteiger partial charge in [0.2, 0.25) is 0 Å². The number of rotatable bonds is 2. The molecule has 0 aliphatic heterocycles. The van der Waals surface area contributed by atoms with Gasteiger partial charge in [-0.2, -0.15) is 0 Å². The average molecular weight is 169 g/mol. The van der Waals surface area contributed by atoms with E-state index in [2.05, 4.69) is 5.73 Å². The van der Waals surface area contributed by atoms with Crippen LogP contribution in [0.25, 0.3) is 0 Å². The first-order chi connectivity index (χ1) is 4.91. The lowest BCUT2D eigenvalue weighted by Gasteiger charge is -1.93. The maximum absolute atomic E-state index is 9.41. The summed E-state index contributed by atoms with van der Waals surface area (Å²) < 4.78 is 0. The lowest BCUT2D eigenvalue weighted by atomic mass is 10.6. The summed E-state index contributed by atoms with van der Waals surface area (Å²) in [5.41, 5.74) is 4.68. The summed E-state index contributed by atoms with van der Waals surface area (Å²) in [4.78, 5) is 16.9. The Morgan fingerprint density at radius 3 is 1.73 bits per heavy atom. The molecular weight excluding hydrogens is 162 g/mol. The smallest absolute Gasteiger partial charge is 0.325 e. The molecule has 11 heavy (non-hydrogen) atoms. The Hall–Kier alpha value is -1.48. The van der Waals surface area contributed by atoms with Gasteiger partial charge in [-0.05, 0) is 0 Å². The third kappa shape index (κ3) is 17.7. The number of aliphatic hydroxyl groups excluding tert-OH is 1. The molecule has 0 aliphatic rings. The van der Waals surface area contributed by atoms with Crippen molar-refractivity contribution < 1.29 is 20.3 Å². The SMILES string of the molecule is NCC(O)[N+](=O)[O-].O=[N+]([O-])O. The van der Waals surface area contributed by atoms with E-state index in [0.29, 0.717) is 0 Å². The van der Waals surface area contributed by atoms with Crippen LogP contribution >= 0.6 is 0 Å². The van der Waals surface area contributed by atoms with Crippen molar-refractivity contribution in [2.75, 3.05) is 6.54 Å². The fourth-order valence-corrected chi connectivity index (χ4v) is 0.0861. The second-order valence-corrected chi connectivity index (χ2v) is 1.24. The van der Waals surface area contributed by atoms with Crippen molar-refractivity contribution in [3.63, 3.8) is 0 Å². The molecule has 0 aromatic heterocycles. The van der Waals surface area contributed by atoms with Gasteiger partial charge in [-0.15, -0.1) is 10.1 Å². The van der Waals surface area contributed by atoms with E-state index in [9.17, 15) is 10.1 Å². The van der Waals surface area contributed by atoms with E-state index in [0.717, 1.165) is 0 Å². The largest absolute Gasteiger partial charge is 0.332 e. The van der Waals surface area contributed by atoms with Gasteiger partial charge in [0.05, 0.1) is 11.5 Å². The van der Waals surface area contributed by atoms with Crippen molar-refractivity contribution in [1.29, 1.82) is 0 Å². The maximum Gasteiger partial charge on any atom is 0.325 e. The number of nitrogens with zero attached hydrogens (tertiary/aromatic N) is 2. The van der Waals surface area contributed by atoms with Crippen LogP contribution in [0.5, 0.6) is 0 Å². The molecule has 0 rings (SSSR count). The summed E-state index contributed by atoms with van der Waals surface area (Å²) in [7, 11) is 0. The molecule has 9 heteroatoms. The van der Waals surface area contributed by atoms with Gasteiger partial charge in [0.15, 0.2) is 0 Å². The molecule has 1 unspecified atom stereocenters. The fraction of sp³-hybridized carbons (Fsp3) is 1.00. The van der Waals surface area contributed by atoms with Crippen LogP contribution in [-0.2, 0) is 0 Å². The van der Waals surface area contributed by atoms with Crippen molar-refractivity contribution in [3.8, 4) is 0 Å². The number of hydrogen-bond acceptors (Lipinski definition) is 6. The second kappa shape index (κ2) is 6.64. The van der Waals surface area contributed by atoms with Gasteiger partial charge in [0.25, 0.3) is 5.09 Å². The van der Waals surface area contributed by atoms with Crippen LogP contribution in [0, 0.1) is 20.2 Å². The minimum absolute atomic E-state index is 0.326. The van der Waals surface area contributed by atoms with Crippen LogP contribution in [0.15, 0.2) is 0 Å². The molecule has 0 saturated carbocycles. The quantitative estimate of drug-likeness (QED) is 0.250. The highest BCUT2D eigenvalue weighted by atomic mass is 16.9. The van der Waals surface area contributed by atoms with Crippen LogP contribution < -0.4 is 5.73 Å². The Morgan fingerprint density at radius 2 is 1.73 bits per heavy atom. The van der Waals surface area contributed by atoms with Crippen molar-refractivity contribution >= 4 is 0 Å². The first-order valence-electron chi connectivity index (χ1n) is 2.26. The molecule has 66 valence electrons. The Kier molecular flexibility index (Phi) is 7.37. The number of nitrogens with two attached hydrogens (primary N) is 1. The Bertz CT molecular complexity index is 132. The minimum atomic E-state index is -1.60. The van der Waals surface area contributed by atoms with Gasteiger partial charge in [0, 0.05) is 0 Å². The first-order valence-corrected chi connectivity index (χ1v) is 2.26. The fourth-order valence-electron chi connectivity index (χ4n) is 0.0861. The summed E-state index contributed by atoms with van der Waals surface area (Å²) in [5.74, 6) is 0. The highest BCUT2D eigenvalue weighted by molar-refractivity contribution is 4.33. The molecule has 0 aromatic carbocycles. The van der Waals surface area contributed by atoms with Crippen LogP contribution in [0.4, 0.5) is 0 Å². The summed E-state index contributed by atoms with van der Waals surface area (Å²) >= 11 is 0. The monoisotopic (exact) mass is 169 g/mol. The summed E-state index contributed by atoms with van der Waals surface area (Å²) in [6, 6.07) is 0. The Labute approximate surface area is 60.3 Å². The van der Waals surface area contributed by atoms with E-state index < -0.39 is 16.2 Å². The molecule has 1 atom stereocenters. The maximum atomic E-state index is 9.41. The zero-order valence-corrected chi connectivity index (χ0v) is 5.28. The summed E-state index contributed by atoms with van der Waals surface area (Å²) in [5, 5.41) is 31.2. The van der Waals surface area contributed by atoms with Gasteiger partial charge in [0.1, 0.15) is 0 Å². The van der Waals surface area contributed by atoms with Gasteiger partial charge in [-0.25, -0.2) is 0 Å². The first kappa shape index (κ1) is 12.2. The molecule has 0 saturated heterocycles. The van der Waals surface area contributed by atoms with Gasteiger partial charge in [-0.3, -0.25) is 10.1 Å². The molecule has 9 nitrogen and oxygen atoms in total. The topological polar surface area (TPSA) is 153 Å². The van der Waals surface area contributed by atoms with Crippen molar-refractivity contribution in [3.05, 3.63) is 20.2 Å². The molecular formula is C2H7N3O6. The molecule has 0 heterocycles. The third-order valence-electron chi connectivity index (χ3n) is 0.454. The molecule has 0 aliphatic carbocycles. The lowest BCUT2D eigenvalue weighted by Crippen LogP contribution is -2.27. The zero-order chi connectivity index (χ0) is 9.44. The predicted molar refractivity (Wildman–Crippen MR) is 30.8 cm³/mol. The van der Waals surface area contributed by atoms with E-state index in [4.69, 9.17) is 20.4 Å². The molecule has 0 bridgehead atoms. The van der Waals surface area contributed by atoms with Crippen LogP contribution in [0.3, 0.4) is 0 Å².